The first kappa shape index (κ1) is 17.2. The molecule has 0 radical (unpaired) electrons. The number of hydrogen-bond acceptors (Lipinski definition) is 6. The van der Waals surface area contributed by atoms with Crippen LogP contribution in [0.25, 0.3) is 0 Å². The summed E-state index contributed by atoms with van der Waals surface area (Å²) in [5, 5.41) is 19.4. The van der Waals surface area contributed by atoms with E-state index in [1.165, 1.54) is 24.1 Å². The van der Waals surface area contributed by atoms with Gasteiger partial charge in [-0.15, -0.1) is 10.2 Å². The Morgan fingerprint density at radius 3 is 3.00 bits per heavy atom. The Labute approximate surface area is 149 Å². The molecule has 0 spiro atoms. The number of hydrogen-bond donors (Lipinski definition) is 2. The Morgan fingerprint density at radius 2 is 2.21 bits per heavy atom. The maximum atomic E-state index is 12.2. The van der Waals surface area contributed by atoms with Gasteiger partial charge in [0.2, 0.25) is 0 Å². The Hall–Kier alpha value is -1.61. The number of carbonyl (C=O) groups excluding carboxylic acids is 1. The Balaban J connectivity index is 1.42. The number of H-pyrrole nitrogens is 1. The molecule has 0 aliphatic heterocycles. The first-order chi connectivity index (χ1) is 11.6. The normalized spacial score (nSPS) is 13.6. The van der Waals surface area contributed by atoms with Crippen molar-refractivity contribution in [1.29, 1.82) is 0 Å². The van der Waals surface area contributed by atoms with Gasteiger partial charge in [-0.25, -0.2) is 4.79 Å². The Morgan fingerprint density at radius 1 is 1.38 bits per heavy atom. The lowest BCUT2D eigenvalue weighted by atomic mass is 9.96. The second-order valence-electron chi connectivity index (χ2n) is 5.86. The van der Waals surface area contributed by atoms with Crippen LogP contribution in [0.1, 0.15) is 34.8 Å². The van der Waals surface area contributed by atoms with E-state index < -0.39 is 0 Å². The van der Waals surface area contributed by atoms with Gasteiger partial charge in [0.05, 0.1) is 12.2 Å². The molecule has 0 saturated heterocycles. The van der Waals surface area contributed by atoms with Crippen molar-refractivity contribution < 1.29 is 4.79 Å². The second-order valence-corrected chi connectivity index (χ2v) is 8.38. The van der Waals surface area contributed by atoms with E-state index in [1.807, 2.05) is 6.92 Å². The molecule has 0 atom stereocenters. The van der Waals surface area contributed by atoms with Crippen LogP contribution in [-0.4, -0.2) is 50.7 Å². The van der Waals surface area contributed by atoms with Crippen molar-refractivity contribution in [3.63, 3.8) is 0 Å². The number of amides is 2. The molecule has 1 aliphatic rings. The predicted molar refractivity (Wildman–Crippen MR) is 95.5 cm³/mol. The maximum Gasteiger partial charge on any atom is 0.317 e. The lowest BCUT2D eigenvalue weighted by Crippen LogP contribution is -2.38. The number of aromatic amines is 1. The number of nitrogens with zero attached hydrogens (tertiary/aromatic N) is 4. The van der Waals surface area contributed by atoms with Crippen LogP contribution in [0.5, 0.6) is 0 Å². The number of carbonyl (C=O) groups is 1. The van der Waals surface area contributed by atoms with E-state index in [4.69, 9.17) is 0 Å². The number of urea groups is 1. The first-order valence-electron chi connectivity index (χ1n) is 8.10. The van der Waals surface area contributed by atoms with Crippen molar-refractivity contribution >= 4 is 29.1 Å². The van der Waals surface area contributed by atoms with Gasteiger partial charge in [0, 0.05) is 25.0 Å². The van der Waals surface area contributed by atoms with E-state index in [9.17, 15) is 4.79 Å². The van der Waals surface area contributed by atoms with Crippen LogP contribution in [0.3, 0.4) is 0 Å². The molecule has 1 aliphatic carbocycles. The summed E-state index contributed by atoms with van der Waals surface area (Å²) < 4.78 is 0.943. The van der Waals surface area contributed by atoms with E-state index >= 15 is 0 Å². The van der Waals surface area contributed by atoms with E-state index in [-0.39, 0.29) is 6.03 Å². The highest BCUT2D eigenvalue weighted by molar-refractivity contribution is 8.01. The quantitative estimate of drug-likeness (QED) is 0.605. The zero-order valence-electron chi connectivity index (χ0n) is 14.0. The molecule has 0 unspecified atom stereocenters. The zero-order chi connectivity index (χ0) is 16.9. The van der Waals surface area contributed by atoms with Crippen LogP contribution < -0.4 is 5.32 Å². The Kier molecular flexibility index (Phi) is 5.72. The number of thioether (sulfide) groups is 1. The molecule has 2 amide bonds. The highest BCUT2D eigenvalue weighted by Gasteiger charge is 2.19. The summed E-state index contributed by atoms with van der Waals surface area (Å²) >= 11 is 3.19. The molecule has 0 bridgehead atoms. The van der Waals surface area contributed by atoms with E-state index in [0.29, 0.717) is 13.1 Å². The van der Waals surface area contributed by atoms with Gasteiger partial charge in [-0.1, -0.05) is 23.1 Å². The number of aryl methyl sites for hydroxylation is 2. The second kappa shape index (κ2) is 7.98. The Bertz CT molecular complexity index is 698. The molecule has 24 heavy (non-hydrogen) atoms. The molecule has 2 aromatic heterocycles. The molecule has 2 N–H and O–H groups in total. The molecule has 2 aromatic rings. The summed E-state index contributed by atoms with van der Waals surface area (Å²) in [6.45, 7) is 3.08. The monoisotopic (exact) mass is 366 g/mol. The molecule has 0 saturated carbocycles. The molecule has 0 aromatic carbocycles. The summed E-state index contributed by atoms with van der Waals surface area (Å²) in [4.78, 5) is 13.9. The molecular formula is C15H22N6OS2. The largest absolute Gasteiger partial charge is 0.337 e. The lowest BCUT2D eigenvalue weighted by molar-refractivity contribution is 0.207. The lowest BCUT2D eigenvalue weighted by Gasteiger charge is -2.18. The molecule has 0 fully saturated rings. The molecular weight excluding hydrogens is 344 g/mol. The van der Waals surface area contributed by atoms with Crippen molar-refractivity contribution in [2.75, 3.05) is 19.3 Å². The van der Waals surface area contributed by atoms with Gasteiger partial charge in [-0.3, -0.25) is 5.10 Å². The van der Waals surface area contributed by atoms with Crippen molar-refractivity contribution in [3.05, 3.63) is 22.0 Å². The molecule has 130 valence electrons. The van der Waals surface area contributed by atoms with Crippen LogP contribution in [0.15, 0.2) is 4.34 Å². The van der Waals surface area contributed by atoms with Crippen LogP contribution in [0.2, 0.25) is 0 Å². The van der Waals surface area contributed by atoms with Gasteiger partial charge < -0.3 is 10.2 Å². The predicted octanol–water partition coefficient (Wildman–Crippen LogP) is 2.38. The third kappa shape index (κ3) is 4.27. The topological polar surface area (TPSA) is 86.8 Å². The van der Waals surface area contributed by atoms with Gasteiger partial charge >= 0.3 is 6.03 Å². The minimum Gasteiger partial charge on any atom is -0.337 e. The fraction of sp³-hybridized carbons (Fsp3) is 0.600. The van der Waals surface area contributed by atoms with Crippen LogP contribution in [0, 0.1) is 6.92 Å². The van der Waals surface area contributed by atoms with Crippen LogP contribution in [-0.2, 0) is 19.4 Å². The summed E-state index contributed by atoms with van der Waals surface area (Å²) in [6, 6.07) is -0.0726. The first-order valence-corrected chi connectivity index (χ1v) is 9.90. The smallest absolute Gasteiger partial charge is 0.317 e. The minimum atomic E-state index is -0.0726. The highest BCUT2D eigenvalue weighted by atomic mass is 32.2. The summed E-state index contributed by atoms with van der Waals surface area (Å²) in [7, 11) is 1.81. The van der Waals surface area contributed by atoms with Gasteiger partial charge in [-0.05, 0) is 38.2 Å². The number of nitrogens with one attached hydrogen (secondary N) is 2. The van der Waals surface area contributed by atoms with Gasteiger partial charge in [-0.2, -0.15) is 5.10 Å². The number of fused-ring (bicyclic) bond motifs is 1. The summed E-state index contributed by atoms with van der Waals surface area (Å²) in [5.41, 5.74) is 3.55. The third-order valence-corrected chi connectivity index (χ3v) is 5.96. The van der Waals surface area contributed by atoms with Crippen molar-refractivity contribution in [2.45, 2.75) is 43.5 Å². The van der Waals surface area contributed by atoms with E-state index in [0.717, 1.165) is 33.6 Å². The minimum absolute atomic E-state index is 0.0726. The van der Waals surface area contributed by atoms with Crippen molar-refractivity contribution in [2.24, 2.45) is 0 Å². The average molecular weight is 367 g/mol. The fourth-order valence-corrected chi connectivity index (χ4v) is 4.49. The van der Waals surface area contributed by atoms with Gasteiger partial charge in [0.1, 0.15) is 5.01 Å². The number of aromatic nitrogens is 4. The average Bonchev–Trinajstić information content (AvgIpc) is 3.18. The molecule has 9 heteroatoms. The zero-order valence-corrected chi connectivity index (χ0v) is 15.6. The van der Waals surface area contributed by atoms with Crippen LogP contribution >= 0.6 is 23.1 Å². The molecule has 7 nitrogen and oxygen atoms in total. The maximum absolute atomic E-state index is 12.2. The molecule has 2 heterocycles. The third-order valence-electron chi connectivity index (χ3n) is 3.99. The summed E-state index contributed by atoms with van der Waals surface area (Å²) in [5.74, 6) is 0.784. The SMILES string of the molecule is Cc1nnc(SCCNC(=O)N(C)Cc2n[nH]c3c2CCCC3)s1. The number of rotatable bonds is 6. The van der Waals surface area contributed by atoms with Crippen molar-refractivity contribution in [3.8, 4) is 0 Å². The highest BCUT2D eigenvalue weighted by Crippen LogP contribution is 2.23. The van der Waals surface area contributed by atoms with E-state index in [2.05, 4.69) is 25.7 Å². The van der Waals surface area contributed by atoms with Crippen molar-refractivity contribution in [1.82, 2.24) is 30.6 Å². The van der Waals surface area contributed by atoms with Crippen LogP contribution in [0.4, 0.5) is 4.79 Å². The molecule has 3 rings (SSSR count). The standard InChI is InChI=1S/C15H22N6OS2/c1-10-17-20-15(24-10)23-8-7-16-14(22)21(2)9-13-11-5-3-4-6-12(11)18-19-13/h3-9H2,1-2H3,(H,16,22)(H,18,19). The fourth-order valence-electron chi connectivity index (χ4n) is 2.74. The van der Waals surface area contributed by atoms with Gasteiger partial charge in [0.15, 0.2) is 4.34 Å². The van der Waals surface area contributed by atoms with Gasteiger partial charge in [0.25, 0.3) is 0 Å². The summed E-state index contributed by atoms with van der Waals surface area (Å²) in [6.07, 6.45) is 4.56. The van der Waals surface area contributed by atoms with E-state index in [1.54, 1.807) is 35.0 Å².